The highest BCUT2D eigenvalue weighted by atomic mass is 16.2. The summed E-state index contributed by atoms with van der Waals surface area (Å²) >= 11 is 0. The number of rotatable bonds is 3. The van der Waals surface area contributed by atoms with Gasteiger partial charge in [-0.05, 0) is 0 Å². The van der Waals surface area contributed by atoms with E-state index in [1.807, 2.05) is 0 Å². The quantitative estimate of drug-likeness (QED) is 0.337. The molecule has 0 spiro atoms. The number of hydrogen-bond donors (Lipinski definition) is 2. The van der Waals surface area contributed by atoms with Crippen molar-refractivity contribution in [2.75, 3.05) is 7.05 Å². The molecule has 1 amide bonds. The van der Waals surface area contributed by atoms with Crippen LogP contribution in [0.5, 0.6) is 0 Å². The molecule has 4 nitrogen and oxygen atoms in total. The highest BCUT2D eigenvalue weighted by molar-refractivity contribution is 5.87. The zero-order valence-electron chi connectivity index (χ0n) is 6.51. The third-order valence-corrected chi connectivity index (χ3v) is 1.10. The highest BCUT2D eigenvalue weighted by Gasteiger charge is 2.12. The lowest BCUT2D eigenvalue weighted by Crippen LogP contribution is -2.41. The normalized spacial score (nSPS) is 9.60. The molecule has 0 aliphatic carbocycles. The Labute approximate surface area is 60.7 Å². The average molecular weight is 143 g/mol. The van der Waals surface area contributed by atoms with E-state index in [0.29, 0.717) is 0 Å². The molecule has 0 atom stereocenters. The number of carbonyl (C=O) groups excluding carboxylic acids is 1. The van der Waals surface area contributed by atoms with Crippen LogP contribution in [0, 0.1) is 11.3 Å². The van der Waals surface area contributed by atoms with Crippen molar-refractivity contribution in [1.82, 2.24) is 10.4 Å². The van der Waals surface area contributed by atoms with Crippen molar-refractivity contribution in [2.24, 2.45) is 5.92 Å². The van der Waals surface area contributed by atoms with Gasteiger partial charge in [0.15, 0.2) is 0 Å². The summed E-state index contributed by atoms with van der Waals surface area (Å²) in [6, 6.07) is 0. The molecule has 0 saturated carbocycles. The predicted molar refractivity (Wildman–Crippen MR) is 39.5 cm³/mol. The van der Waals surface area contributed by atoms with Crippen LogP contribution >= 0.6 is 0 Å². The number of amides is 1. The van der Waals surface area contributed by atoms with E-state index in [1.54, 1.807) is 20.9 Å². The van der Waals surface area contributed by atoms with Crippen LogP contribution in [0.3, 0.4) is 0 Å². The Kier molecular flexibility index (Phi) is 3.64. The predicted octanol–water partition coefficient (Wildman–Crippen LogP) is 0.212. The lowest BCUT2D eigenvalue weighted by molar-refractivity contribution is -0.132. The van der Waals surface area contributed by atoms with Crippen LogP contribution in [0.15, 0.2) is 0 Å². The highest BCUT2D eigenvalue weighted by Crippen LogP contribution is 1.95. The molecule has 4 heteroatoms. The molecular weight excluding hydrogens is 130 g/mol. The molecule has 0 aliphatic heterocycles. The van der Waals surface area contributed by atoms with Crippen LogP contribution in [0.2, 0.25) is 0 Å². The standard InChI is InChI=1S/C6H13N3O/c1-5(2)6(10)9(4-7)8-3/h4-5,7-8H,1-3H3. The lowest BCUT2D eigenvalue weighted by Gasteiger charge is -2.16. The first-order chi connectivity index (χ1) is 4.63. The maximum absolute atomic E-state index is 11.0. The van der Waals surface area contributed by atoms with Crippen molar-refractivity contribution >= 4 is 12.2 Å². The van der Waals surface area contributed by atoms with Crippen LogP contribution < -0.4 is 5.43 Å². The Balaban J connectivity index is 4.02. The van der Waals surface area contributed by atoms with E-state index < -0.39 is 0 Å². The smallest absolute Gasteiger partial charge is 0.244 e. The molecule has 0 rings (SSSR count). The zero-order valence-corrected chi connectivity index (χ0v) is 6.51. The van der Waals surface area contributed by atoms with Gasteiger partial charge in [0.1, 0.15) is 6.34 Å². The molecule has 0 aliphatic rings. The summed E-state index contributed by atoms with van der Waals surface area (Å²) < 4.78 is 0. The summed E-state index contributed by atoms with van der Waals surface area (Å²) in [7, 11) is 1.60. The molecule has 2 N–H and O–H groups in total. The number of hydrogen-bond acceptors (Lipinski definition) is 3. The maximum Gasteiger partial charge on any atom is 0.244 e. The summed E-state index contributed by atoms with van der Waals surface area (Å²) in [5.41, 5.74) is 2.57. The van der Waals surface area contributed by atoms with Crippen LogP contribution in [-0.4, -0.2) is 24.3 Å². The van der Waals surface area contributed by atoms with Gasteiger partial charge >= 0.3 is 0 Å². The first-order valence-electron chi connectivity index (χ1n) is 3.14. The van der Waals surface area contributed by atoms with Gasteiger partial charge < -0.3 is 0 Å². The number of carbonyl (C=O) groups is 1. The first kappa shape index (κ1) is 9.10. The van der Waals surface area contributed by atoms with E-state index in [2.05, 4.69) is 5.43 Å². The second kappa shape index (κ2) is 4.00. The monoisotopic (exact) mass is 143 g/mol. The number of nitrogens with one attached hydrogen (secondary N) is 2. The van der Waals surface area contributed by atoms with E-state index in [-0.39, 0.29) is 11.8 Å². The minimum Gasteiger partial charge on any atom is -0.290 e. The van der Waals surface area contributed by atoms with Crippen molar-refractivity contribution < 1.29 is 4.79 Å². The zero-order chi connectivity index (χ0) is 8.15. The SMILES string of the molecule is CNN(C=N)C(=O)C(C)C. The minimum absolute atomic E-state index is 0.0750. The van der Waals surface area contributed by atoms with Gasteiger partial charge in [-0.2, -0.15) is 0 Å². The molecule has 0 aromatic rings. The molecule has 0 heterocycles. The second-order valence-electron chi connectivity index (χ2n) is 2.22. The van der Waals surface area contributed by atoms with E-state index >= 15 is 0 Å². The van der Waals surface area contributed by atoms with Crippen molar-refractivity contribution in [3.8, 4) is 0 Å². The van der Waals surface area contributed by atoms with Gasteiger partial charge in [0.25, 0.3) is 0 Å². The van der Waals surface area contributed by atoms with Gasteiger partial charge in [-0.3, -0.25) is 10.2 Å². The molecule has 0 radical (unpaired) electrons. The maximum atomic E-state index is 11.0. The Morgan fingerprint density at radius 3 is 2.30 bits per heavy atom. The second-order valence-corrected chi connectivity index (χ2v) is 2.22. The Morgan fingerprint density at radius 1 is 1.70 bits per heavy atom. The third kappa shape index (κ3) is 2.14. The van der Waals surface area contributed by atoms with Gasteiger partial charge in [-0.1, -0.05) is 13.8 Å². The molecule has 58 valence electrons. The Morgan fingerprint density at radius 2 is 2.20 bits per heavy atom. The fraction of sp³-hybridized carbons (Fsp3) is 0.667. The largest absolute Gasteiger partial charge is 0.290 e. The van der Waals surface area contributed by atoms with Gasteiger partial charge in [0.05, 0.1) is 0 Å². The van der Waals surface area contributed by atoms with Crippen LogP contribution in [0.25, 0.3) is 0 Å². The minimum atomic E-state index is -0.0995. The van der Waals surface area contributed by atoms with Crippen molar-refractivity contribution in [2.45, 2.75) is 13.8 Å². The molecule has 0 unspecified atom stereocenters. The van der Waals surface area contributed by atoms with Gasteiger partial charge in [-0.25, -0.2) is 10.4 Å². The summed E-state index contributed by atoms with van der Waals surface area (Å²) in [6.07, 6.45) is 0.961. The Bertz CT molecular complexity index is 133. The Hall–Kier alpha value is -0.900. The lowest BCUT2D eigenvalue weighted by atomic mass is 10.2. The fourth-order valence-electron chi connectivity index (χ4n) is 0.517. The molecular formula is C6H13N3O. The summed E-state index contributed by atoms with van der Waals surface area (Å²) in [6.45, 7) is 3.58. The number of hydrazine groups is 1. The van der Waals surface area contributed by atoms with Gasteiger partial charge in [0.2, 0.25) is 5.91 Å². The summed E-state index contributed by atoms with van der Waals surface area (Å²) in [4.78, 5) is 11.0. The molecule has 0 bridgehead atoms. The van der Waals surface area contributed by atoms with Crippen LogP contribution in [0.4, 0.5) is 0 Å². The summed E-state index contributed by atoms with van der Waals surface area (Å²) in [5, 5.41) is 7.94. The van der Waals surface area contributed by atoms with Crippen LogP contribution in [-0.2, 0) is 4.79 Å². The van der Waals surface area contributed by atoms with Crippen molar-refractivity contribution in [1.29, 1.82) is 5.41 Å². The topological polar surface area (TPSA) is 56.2 Å². The van der Waals surface area contributed by atoms with Gasteiger partial charge in [-0.15, -0.1) is 0 Å². The molecule has 10 heavy (non-hydrogen) atoms. The third-order valence-electron chi connectivity index (χ3n) is 1.10. The molecule has 0 aromatic heterocycles. The van der Waals surface area contributed by atoms with Gasteiger partial charge in [0, 0.05) is 13.0 Å². The summed E-state index contributed by atoms with van der Waals surface area (Å²) in [5.74, 6) is -0.174. The molecule has 0 aromatic carbocycles. The van der Waals surface area contributed by atoms with E-state index in [4.69, 9.17) is 5.41 Å². The van der Waals surface area contributed by atoms with E-state index in [0.717, 1.165) is 11.3 Å². The fourth-order valence-corrected chi connectivity index (χ4v) is 0.517. The van der Waals surface area contributed by atoms with Crippen molar-refractivity contribution in [3.63, 3.8) is 0 Å². The van der Waals surface area contributed by atoms with Crippen molar-refractivity contribution in [3.05, 3.63) is 0 Å². The van der Waals surface area contributed by atoms with Crippen LogP contribution in [0.1, 0.15) is 13.8 Å². The average Bonchev–Trinajstić information content (AvgIpc) is 1.90. The molecule has 0 saturated heterocycles. The van der Waals surface area contributed by atoms with E-state index in [9.17, 15) is 4.79 Å². The number of nitrogens with zero attached hydrogens (tertiary/aromatic N) is 1. The van der Waals surface area contributed by atoms with E-state index in [1.165, 1.54) is 0 Å². The molecule has 0 fully saturated rings. The first-order valence-corrected chi connectivity index (χ1v) is 3.14.